The molecule has 92 valence electrons. The monoisotopic (exact) mass is 237 g/mol. The van der Waals surface area contributed by atoms with Crippen molar-refractivity contribution < 1.29 is 18.0 Å². The van der Waals surface area contributed by atoms with Gasteiger partial charge in [0, 0.05) is 27.9 Å². The molecular weight excluding hydrogens is 214 g/mol. The Balaban J connectivity index is 4.31. The van der Waals surface area contributed by atoms with Crippen molar-refractivity contribution in [2.45, 2.75) is 25.5 Å². The summed E-state index contributed by atoms with van der Waals surface area (Å²) < 4.78 is 21.8. The largest absolute Gasteiger partial charge is 0.530 e. The van der Waals surface area contributed by atoms with Crippen LogP contribution in [0, 0.1) is 0 Å². The van der Waals surface area contributed by atoms with Gasteiger partial charge in [-0.25, -0.2) is 0 Å². The van der Waals surface area contributed by atoms with Crippen LogP contribution in [0.3, 0.4) is 0 Å². The molecule has 1 unspecified atom stereocenters. The highest BCUT2D eigenvalue weighted by molar-refractivity contribution is 6.62. The van der Waals surface area contributed by atoms with E-state index >= 15 is 0 Å². The summed E-state index contributed by atoms with van der Waals surface area (Å²) in [6.07, 6.45) is 1.63. The minimum atomic E-state index is -2.66. The molecule has 6 heteroatoms. The van der Waals surface area contributed by atoms with Crippen LogP contribution >= 0.6 is 0 Å². The summed E-state index contributed by atoms with van der Waals surface area (Å²) in [5.41, 5.74) is 5.28. The van der Waals surface area contributed by atoms with Gasteiger partial charge in [0.1, 0.15) is 5.73 Å². The zero-order valence-electron chi connectivity index (χ0n) is 10.1. The number of nitrogens with two attached hydrogens (primary N) is 1. The SMILES string of the molecule is CCC(OCCCN)[Si](OC)(OC)OC. The predicted molar refractivity (Wildman–Crippen MR) is 60.5 cm³/mol. The van der Waals surface area contributed by atoms with Gasteiger partial charge in [0.15, 0.2) is 0 Å². The zero-order valence-corrected chi connectivity index (χ0v) is 11.1. The Labute approximate surface area is 93.2 Å². The van der Waals surface area contributed by atoms with Crippen molar-refractivity contribution in [3.8, 4) is 0 Å². The third kappa shape index (κ3) is 4.18. The van der Waals surface area contributed by atoms with Crippen LogP contribution in [0.15, 0.2) is 0 Å². The van der Waals surface area contributed by atoms with Crippen LogP contribution < -0.4 is 5.73 Å². The first-order chi connectivity index (χ1) is 7.20. The molecule has 0 amide bonds. The van der Waals surface area contributed by atoms with Gasteiger partial charge in [-0.1, -0.05) is 6.92 Å². The van der Waals surface area contributed by atoms with E-state index in [9.17, 15) is 0 Å². The van der Waals surface area contributed by atoms with Crippen LogP contribution in [0.4, 0.5) is 0 Å². The molecule has 0 spiro atoms. The first-order valence-electron chi connectivity index (χ1n) is 5.17. The summed E-state index contributed by atoms with van der Waals surface area (Å²) in [6, 6.07) is 0. The maximum atomic E-state index is 5.68. The van der Waals surface area contributed by atoms with Crippen LogP contribution in [-0.4, -0.2) is 49.0 Å². The minimum absolute atomic E-state index is 0.121. The molecular formula is C9H23NO4Si. The normalized spacial score (nSPS) is 14.2. The molecule has 0 fully saturated rings. The van der Waals surface area contributed by atoms with Crippen LogP contribution in [0.1, 0.15) is 19.8 Å². The lowest BCUT2D eigenvalue weighted by atomic mass is 10.4. The Morgan fingerprint density at radius 1 is 1.13 bits per heavy atom. The molecule has 15 heavy (non-hydrogen) atoms. The highest BCUT2D eigenvalue weighted by atomic mass is 28.4. The van der Waals surface area contributed by atoms with Gasteiger partial charge in [-0.3, -0.25) is 0 Å². The zero-order chi connectivity index (χ0) is 11.7. The van der Waals surface area contributed by atoms with E-state index in [2.05, 4.69) is 0 Å². The van der Waals surface area contributed by atoms with Crippen molar-refractivity contribution >= 4 is 8.80 Å². The van der Waals surface area contributed by atoms with Gasteiger partial charge in [0.05, 0.1) is 0 Å². The molecule has 0 aliphatic rings. The van der Waals surface area contributed by atoms with E-state index in [1.54, 1.807) is 21.3 Å². The number of hydrogen-bond donors (Lipinski definition) is 1. The van der Waals surface area contributed by atoms with Crippen LogP contribution in [-0.2, 0) is 18.0 Å². The molecule has 1 atom stereocenters. The molecule has 5 nitrogen and oxygen atoms in total. The molecule has 0 saturated carbocycles. The fourth-order valence-electron chi connectivity index (χ4n) is 1.42. The lowest BCUT2D eigenvalue weighted by molar-refractivity contribution is 0.0113. The summed E-state index contributed by atoms with van der Waals surface area (Å²) in [7, 11) is 2.11. The van der Waals surface area contributed by atoms with Crippen molar-refractivity contribution in [3.63, 3.8) is 0 Å². The van der Waals surface area contributed by atoms with E-state index < -0.39 is 8.80 Å². The van der Waals surface area contributed by atoms with Gasteiger partial charge in [-0.15, -0.1) is 0 Å². The average Bonchev–Trinajstić information content (AvgIpc) is 2.29. The third-order valence-electron chi connectivity index (χ3n) is 2.29. The van der Waals surface area contributed by atoms with Crippen molar-refractivity contribution in [1.29, 1.82) is 0 Å². The molecule has 0 aromatic rings. The summed E-state index contributed by atoms with van der Waals surface area (Å²) >= 11 is 0. The predicted octanol–water partition coefficient (Wildman–Crippen LogP) is 0.548. The molecule has 0 aliphatic carbocycles. The summed E-state index contributed by atoms with van der Waals surface area (Å²) in [6.45, 7) is 3.25. The quantitative estimate of drug-likeness (QED) is 0.468. The van der Waals surface area contributed by atoms with Crippen LogP contribution in [0.25, 0.3) is 0 Å². The molecule has 0 radical (unpaired) electrons. The number of ether oxygens (including phenoxy) is 1. The Hall–Kier alpha value is 0.0169. The van der Waals surface area contributed by atoms with Crippen LogP contribution in [0.2, 0.25) is 0 Å². The Kier molecular flexibility index (Phi) is 8.21. The minimum Gasteiger partial charge on any atom is -0.375 e. The lowest BCUT2D eigenvalue weighted by Gasteiger charge is -2.31. The highest BCUT2D eigenvalue weighted by Gasteiger charge is 2.47. The third-order valence-corrected chi connectivity index (χ3v) is 5.36. The Bertz CT molecular complexity index is 147. The van der Waals surface area contributed by atoms with Gasteiger partial charge in [-0.05, 0) is 19.4 Å². The topological polar surface area (TPSA) is 62.9 Å². The van der Waals surface area contributed by atoms with Gasteiger partial charge in [0.25, 0.3) is 0 Å². The first kappa shape index (κ1) is 15.0. The van der Waals surface area contributed by atoms with E-state index in [1.165, 1.54) is 0 Å². The maximum Gasteiger partial charge on any atom is 0.530 e. The molecule has 0 aromatic heterocycles. The fraction of sp³-hybridized carbons (Fsp3) is 1.00. The summed E-state index contributed by atoms with van der Waals surface area (Å²) in [5.74, 6) is 0. The summed E-state index contributed by atoms with van der Waals surface area (Å²) in [4.78, 5) is 0. The number of hydrogen-bond acceptors (Lipinski definition) is 5. The average molecular weight is 237 g/mol. The van der Waals surface area contributed by atoms with Crippen molar-refractivity contribution in [1.82, 2.24) is 0 Å². The maximum absolute atomic E-state index is 5.68. The molecule has 0 rings (SSSR count). The van der Waals surface area contributed by atoms with Gasteiger partial charge < -0.3 is 23.7 Å². The van der Waals surface area contributed by atoms with E-state index in [1.807, 2.05) is 6.92 Å². The second kappa shape index (κ2) is 8.20. The van der Waals surface area contributed by atoms with E-state index in [4.69, 9.17) is 23.7 Å². The van der Waals surface area contributed by atoms with E-state index in [0.29, 0.717) is 13.2 Å². The first-order valence-corrected chi connectivity index (χ1v) is 6.98. The van der Waals surface area contributed by atoms with Crippen molar-refractivity contribution in [2.75, 3.05) is 34.5 Å². The highest BCUT2D eigenvalue weighted by Crippen LogP contribution is 2.18. The smallest absolute Gasteiger partial charge is 0.375 e. The Morgan fingerprint density at radius 3 is 2.00 bits per heavy atom. The van der Waals surface area contributed by atoms with Gasteiger partial charge in [0.2, 0.25) is 0 Å². The second-order valence-electron chi connectivity index (χ2n) is 3.13. The molecule has 0 aliphatic heterocycles. The van der Waals surface area contributed by atoms with Crippen molar-refractivity contribution in [2.24, 2.45) is 5.73 Å². The molecule has 0 aromatic carbocycles. The standard InChI is InChI=1S/C9H23NO4Si/c1-5-9(14-8-6-7-10)15(11-2,12-3)13-4/h9H,5-8,10H2,1-4H3. The van der Waals surface area contributed by atoms with Gasteiger partial charge >= 0.3 is 8.80 Å². The van der Waals surface area contributed by atoms with E-state index in [-0.39, 0.29) is 5.73 Å². The second-order valence-corrected chi connectivity index (χ2v) is 6.20. The lowest BCUT2D eigenvalue weighted by Crippen LogP contribution is -2.55. The summed E-state index contributed by atoms with van der Waals surface area (Å²) in [5, 5.41) is 0. The molecule has 0 bridgehead atoms. The van der Waals surface area contributed by atoms with Gasteiger partial charge in [-0.2, -0.15) is 0 Å². The molecule has 0 saturated heterocycles. The fourth-order valence-corrected chi connectivity index (χ4v) is 3.53. The van der Waals surface area contributed by atoms with Crippen molar-refractivity contribution in [3.05, 3.63) is 0 Å². The molecule has 0 heterocycles. The van der Waals surface area contributed by atoms with E-state index in [0.717, 1.165) is 12.8 Å². The number of rotatable bonds is 9. The van der Waals surface area contributed by atoms with Crippen LogP contribution in [0.5, 0.6) is 0 Å². The molecule has 2 N–H and O–H groups in total. The Morgan fingerprint density at radius 2 is 1.67 bits per heavy atom.